The molecule has 0 spiro atoms. The van der Waals surface area contributed by atoms with Crippen LogP contribution in [0.2, 0.25) is 0 Å². The van der Waals surface area contributed by atoms with Gasteiger partial charge in [0.05, 0.1) is 0 Å². The van der Waals surface area contributed by atoms with Gasteiger partial charge in [0.25, 0.3) is 0 Å². The van der Waals surface area contributed by atoms with E-state index in [-0.39, 0.29) is 0 Å². The van der Waals surface area contributed by atoms with Crippen molar-refractivity contribution in [1.82, 2.24) is 4.90 Å². The summed E-state index contributed by atoms with van der Waals surface area (Å²) in [6.45, 7) is 7.12. The van der Waals surface area contributed by atoms with Crippen LogP contribution < -0.4 is 0 Å². The van der Waals surface area contributed by atoms with E-state index in [1.807, 2.05) is 6.92 Å². The van der Waals surface area contributed by atoms with Gasteiger partial charge in [0, 0.05) is 13.1 Å². The molecule has 7 heavy (non-hydrogen) atoms. The zero-order valence-electron chi connectivity index (χ0n) is 5.31. The van der Waals surface area contributed by atoms with Crippen molar-refractivity contribution >= 4 is 0 Å². The predicted molar refractivity (Wildman–Crippen MR) is 31.8 cm³/mol. The zero-order chi connectivity index (χ0) is 5.86. The van der Waals surface area contributed by atoms with Gasteiger partial charge in [-0.3, -0.25) is 4.90 Å². The Morgan fingerprint density at radius 1 is 1.57 bits per heavy atom. The monoisotopic (exact) mass is 99.1 g/mol. The van der Waals surface area contributed by atoms with E-state index in [1.54, 1.807) is 4.90 Å². The largest absolute Gasteiger partial charge is 0.295 e. The van der Waals surface area contributed by atoms with Crippen molar-refractivity contribution < 1.29 is 0 Å². The van der Waals surface area contributed by atoms with Gasteiger partial charge in [-0.15, -0.1) is 0 Å². The van der Waals surface area contributed by atoms with Crippen LogP contribution in [0.5, 0.6) is 0 Å². The second-order valence-electron chi connectivity index (χ2n) is 1.92. The highest BCUT2D eigenvalue weighted by atomic mass is 15.1. The first-order chi connectivity index (χ1) is 3.18. The van der Waals surface area contributed by atoms with E-state index >= 15 is 0 Å². The molecule has 2 radical (unpaired) electrons. The molecule has 0 unspecified atom stereocenters. The van der Waals surface area contributed by atoms with Crippen LogP contribution in [0.3, 0.4) is 0 Å². The van der Waals surface area contributed by atoms with Crippen LogP contribution in [0.25, 0.3) is 0 Å². The molecule has 0 heterocycles. The molecular weight excluding hydrogens is 86.1 g/mol. The van der Waals surface area contributed by atoms with Gasteiger partial charge in [-0.1, -0.05) is 6.92 Å². The highest BCUT2D eigenvalue weighted by Crippen LogP contribution is 1.91. The SMILES string of the molecule is [CH]N(CC)C(C)C. The molecule has 1 heteroatoms. The smallest absolute Gasteiger partial charge is 0.0441 e. The van der Waals surface area contributed by atoms with E-state index in [1.165, 1.54) is 0 Å². The highest BCUT2D eigenvalue weighted by molar-refractivity contribution is 4.55. The normalized spacial score (nSPS) is 11.1. The minimum atomic E-state index is 0.477. The number of rotatable bonds is 2. The lowest BCUT2D eigenvalue weighted by Crippen LogP contribution is -2.23. The molecule has 0 fully saturated rings. The van der Waals surface area contributed by atoms with Crippen LogP contribution >= 0.6 is 0 Å². The Balaban J connectivity index is 3.14. The summed E-state index contributed by atoms with van der Waals surface area (Å²) < 4.78 is 0. The average molecular weight is 99.2 g/mol. The molecule has 0 aliphatic heterocycles. The molecule has 0 amide bonds. The first kappa shape index (κ1) is 6.96. The van der Waals surface area contributed by atoms with Crippen LogP contribution in [-0.4, -0.2) is 17.5 Å². The Kier molecular flexibility index (Phi) is 3.01. The predicted octanol–water partition coefficient (Wildman–Crippen LogP) is 1.39. The van der Waals surface area contributed by atoms with Crippen LogP contribution in [0.4, 0.5) is 0 Å². The number of nitrogens with zero attached hydrogens (tertiary/aromatic N) is 1. The van der Waals surface area contributed by atoms with Crippen molar-refractivity contribution in [3.05, 3.63) is 7.05 Å². The van der Waals surface area contributed by atoms with Gasteiger partial charge in [0.2, 0.25) is 0 Å². The van der Waals surface area contributed by atoms with Gasteiger partial charge in [-0.25, -0.2) is 0 Å². The number of hydrogen-bond acceptors (Lipinski definition) is 1. The molecule has 0 atom stereocenters. The lowest BCUT2D eigenvalue weighted by molar-refractivity contribution is 0.322. The van der Waals surface area contributed by atoms with Crippen molar-refractivity contribution in [2.45, 2.75) is 26.8 Å². The molecule has 1 nitrogen and oxygen atoms in total. The summed E-state index contributed by atoms with van der Waals surface area (Å²) in [5, 5.41) is 0. The molecule has 42 valence electrons. The van der Waals surface area contributed by atoms with Gasteiger partial charge in [-0.05, 0) is 20.4 Å². The van der Waals surface area contributed by atoms with Crippen LogP contribution in [-0.2, 0) is 0 Å². The third-order valence-electron chi connectivity index (χ3n) is 1.03. The Bertz CT molecular complexity index is 41.4. The maximum atomic E-state index is 5.45. The Labute approximate surface area is 46.3 Å². The third kappa shape index (κ3) is 2.63. The Morgan fingerprint density at radius 2 is 2.00 bits per heavy atom. The molecule has 0 aliphatic carbocycles. The second kappa shape index (κ2) is 3.03. The van der Waals surface area contributed by atoms with E-state index < -0.39 is 0 Å². The fraction of sp³-hybridized carbons (Fsp3) is 0.833. The average Bonchev–Trinajstić information content (AvgIpc) is 1.65. The minimum Gasteiger partial charge on any atom is -0.295 e. The quantitative estimate of drug-likeness (QED) is 0.473. The first-order valence-corrected chi connectivity index (χ1v) is 2.69. The fourth-order valence-corrected chi connectivity index (χ4v) is 0.365. The fourth-order valence-electron chi connectivity index (χ4n) is 0.365. The summed E-state index contributed by atoms with van der Waals surface area (Å²) in [6.07, 6.45) is 0. The van der Waals surface area contributed by atoms with Gasteiger partial charge in [-0.2, -0.15) is 0 Å². The summed E-state index contributed by atoms with van der Waals surface area (Å²) in [5.41, 5.74) is 0. The van der Waals surface area contributed by atoms with E-state index in [0.717, 1.165) is 6.54 Å². The van der Waals surface area contributed by atoms with E-state index in [0.29, 0.717) is 6.04 Å². The lowest BCUT2D eigenvalue weighted by atomic mass is 10.3. The molecule has 0 aromatic rings. The highest BCUT2D eigenvalue weighted by Gasteiger charge is 1.96. The summed E-state index contributed by atoms with van der Waals surface area (Å²) in [7, 11) is 5.45. The molecule has 0 saturated carbocycles. The molecule has 0 N–H and O–H groups in total. The van der Waals surface area contributed by atoms with E-state index in [4.69, 9.17) is 7.05 Å². The first-order valence-electron chi connectivity index (χ1n) is 2.69. The molecule has 0 aromatic carbocycles. The van der Waals surface area contributed by atoms with E-state index in [9.17, 15) is 0 Å². The standard InChI is InChI=1S/C6H13N/c1-5-7(4)6(2)3/h4,6H,5H2,1-3H3. The topological polar surface area (TPSA) is 3.24 Å². The Hall–Kier alpha value is -0.0400. The van der Waals surface area contributed by atoms with Gasteiger partial charge in [0.15, 0.2) is 0 Å². The lowest BCUT2D eigenvalue weighted by Gasteiger charge is -2.16. The van der Waals surface area contributed by atoms with Crippen LogP contribution in [0.1, 0.15) is 20.8 Å². The van der Waals surface area contributed by atoms with Crippen molar-refractivity contribution in [3.63, 3.8) is 0 Å². The van der Waals surface area contributed by atoms with E-state index in [2.05, 4.69) is 13.8 Å². The molecule has 0 rings (SSSR count). The van der Waals surface area contributed by atoms with Crippen molar-refractivity contribution in [2.24, 2.45) is 0 Å². The maximum absolute atomic E-state index is 5.45. The summed E-state index contributed by atoms with van der Waals surface area (Å²) in [5.74, 6) is 0. The summed E-state index contributed by atoms with van der Waals surface area (Å²) in [4.78, 5) is 1.79. The van der Waals surface area contributed by atoms with Crippen molar-refractivity contribution in [1.29, 1.82) is 0 Å². The van der Waals surface area contributed by atoms with Crippen LogP contribution in [0.15, 0.2) is 0 Å². The van der Waals surface area contributed by atoms with Crippen LogP contribution in [0, 0.1) is 7.05 Å². The summed E-state index contributed by atoms with van der Waals surface area (Å²) >= 11 is 0. The molecular formula is C6H13N. The van der Waals surface area contributed by atoms with Crippen molar-refractivity contribution in [2.75, 3.05) is 6.54 Å². The molecule has 0 aromatic heterocycles. The van der Waals surface area contributed by atoms with Gasteiger partial charge >= 0.3 is 0 Å². The molecule has 0 saturated heterocycles. The van der Waals surface area contributed by atoms with Gasteiger partial charge in [0.1, 0.15) is 0 Å². The molecule has 0 bridgehead atoms. The maximum Gasteiger partial charge on any atom is 0.0441 e. The Morgan fingerprint density at radius 3 is 2.00 bits per heavy atom. The zero-order valence-corrected chi connectivity index (χ0v) is 5.31. The number of hydrogen-bond donors (Lipinski definition) is 0. The minimum absolute atomic E-state index is 0.477. The van der Waals surface area contributed by atoms with Crippen molar-refractivity contribution in [3.8, 4) is 0 Å². The second-order valence-corrected chi connectivity index (χ2v) is 1.92. The summed E-state index contributed by atoms with van der Waals surface area (Å²) in [6, 6.07) is 0.477. The van der Waals surface area contributed by atoms with Gasteiger partial charge < -0.3 is 0 Å². The third-order valence-corrected chi connectivity index (χ3v) is 1.03. The molecule has 0 aliphatic rings.